The molecule has 1 atom stereocenters. The fraction of sp³-hybridized carbons (Fsp3) is 0.900. The number of hydrogen-bond acceptors (Lipinski definition) is 2. The molecule has 0 aliphatic heterocycles. The summed E-state index contributed by atoms with van der Waals surface area (Å²) in [6, 6.07) is 0.568. The van der Waals surface area contributed by atoms with Crippen LogP contribution < -0.4 is 11.1 Å². The van der Waals surface area contributed by atoms with Crippen LogP contribution in [0.2, 0.25) is 0 Å². The number of amides is 1. The minimum absolute atomic E-state index is 0.111. The molecular formula is C10H18N2O. The molecule has 2 aliphatic rings. The predicted molar refractivity (Wildman–Crippen MR) is 51.1 cm³/mol. The number of rotatable bonds is 4. The van der Waals surface area contributed by atoms with Crippen molar-refractivity contribution in [1.82, 2.24) is 5.32 Å². The highest BCUT2D eigenvalue weighted by Crippen LogP contribution is 2.32. The van der Waals surface area contributed by atoms with Crippen LogP contribution in [0.1, 0.15) is 38.5 Å². The van der Waals surface area contributed by atoms with Gasteiger partial charge in [-0.3, -0.25) is 4.79 Å². The van der Waals surface area contributed by atoms with Crippen LogP contribution >= 0.6 is 0 Å². The van der Waals surface area contributed by atoms with Gasteiger partial charge in [0.05, 0.1) is 0 Å². The highest BCUT2D eigenvalue weighted by molar-refractivity contribution is 5.77. The Bertz CT molecular complexity index is 197. The smallest absolute Gasteiger partial charge is 0.221 e. The summed E-state index contributed by atoms with van der Waals surface area (Å²) in [5, 5.41) is 3.01. The fourth-order valence-corrected chi connectivity index (χ4v) is 1.74. The van der Waals surface area contributed by atoms with E-state index in [1.165, 1.54) is 19.3 Å². The molecule has 3 nitrogen and oxygen atoms in total. The molecule has 3 N–H and O–H groups in total. The first-order valence-corrected chi connectivity index (χ1v) is 5.30. The Balaban J connectivity index is 1.64. The van der Waals surface area contributed by atoms with Crippen molar-refractivity contribution in [2.75, 3.05) is 0 Å². The van der Waals surface area contributed by atoms with Crippen LogP contribution in [0.25, 0.3) is 0 Å². The van der Waals surface area contributed by atoms with Crippen molar-refractivity contribution in [3.05, 3.63) is 0 Å². The van der Waals surface area contributed by atoms with E-state index >= 15 is 0 Å². The molecule has 74 valence electrons. The third-order valence-electron chi connectivity index (χ3n) is 3.12. The first kappa shape index (κ1) is 9.00. The van der Waals surface area contributed by atoms with Crippen LogP contribution in [0, 0.1) is 5.92 Å². The van der Waals surface area contributed by atoms with Crippen molar-refractivity contribution in [2.45, 2.75) is 50.6 Å². The minimum Gasteiger partial charge on any atom is -0.353 e. The SMILES string of the molecule is NC(CC(=O)NC1CCC1)C1CC1. The molecule has 0 aromatic carbocycles. The van der Waals surface area contributed by atoms with E-state index in [-0.39, 0.29) is 11.9 Å². The topological polar surface area (TPSA) is 55.1 Å². The first-order valence-electron chi connectivity index (χ1n) is 5.30. The van der Waals surface area contributed by atoms with Gasteiger partial charge in [0.15, 0.2) is 0 Å². The van der Waals surface area contributed by atoms with Crippen molar-refractivity contribution in [1.29, 1.82) is 0 Å². The summed E-state index contributed by atoms with van der Waals surface area (Å²) in [4.78, 5) is 11.4. The van der Waals surface area contributed by atoms with Gasteiger partial charge < -0.3 is 11.1 Å². The predicted octanol–water partition coefficient (Wildman–Crippen LogP) is 0.782. The number of nitrogens with two attached hydrogens (primary N) is 1. The number of nitrogens with one attached hydrogen (secondary N) is 1. The van der Waals surface area contributed by atoms with Crippen LogP contribution in [0.5, 0.6) is 0 Å². The summed E-state index contributed by atoms with van der Waals surface area (Å²) in [6.07, 6.45) is 6.55. The molecule has 2 aliphatic carbocycles. The lowest BCUT2D eigenvalue weighted by atomic mass is 9.93. The van der Waals surface area contributed by atoms with Gasteiger partial charge in [0.2, 0.25) is 5.91 Å². The molecule has 0 aromatic rings. The van der Waals surface area contributed by atoms with Crippen molar-refractivity contribution in [3.8, 4) is 0 Å². The second-order valence-corrected chi connectivity index (χ2v) is 4.40. The number of hydrogen-bond donors (Lipinski definition) is 2. The fourth-order valence-electron chi connectivity index (χ4n) is 1.74. The van der Waals surface area contributed by atoms with E-state index in [1.54, 1.807) is 0 Å². The van der Waals surface area contributed by atoms with E-state index in [1.807, 2.05) is 0 Å². The summed E-state index contributed by atoms with van der Waals surface area (Å²) in [5.74, 6) is 0.788. The molecule has 3 heteroatoms. The summed E-state index contributed by atoms with van der Waals surface area (Å²) in [6.45, 7) is 0. The molecule has 1 amide bonds. The first-order chi connectivity index (χ1) is 6.25. The molecule has 2 fully saturated rings. The summed E-state index contributed by atoms with van der Waals surface area (Å²) in [5.41, 5.74) is 5.85. The minimum atomic E-state index is 0.111. The summed E-state index contributed by atoms with van der Waals surface area (Å²) in [7, 11) is 0. The zero-order valence-corrected chi connectivity index (χ0v) is 7.96. The molecule has 0 saturated heterocycles. The van der Waals surface area contributed by atoms with Gasteiger partial charge in [-0.2, -0.15) is 0 Å². The van der Waals surface area contributed by atoms with Gasteiger partial charge in [-0.25, -0.2) is 0 Å². The van der Waals surface area contributed by atoms with Gasteiger partial charge in [-0.05, 0) is 38.0 Å². The van der Waals surface area contributed by atoms with E-state index in [2.05, 4.69) is 5.32 Å². The van der Waals surface area contributed by atoms with Gasteiger partial charge in [0.1, 0.15) is 0 Å². The van der Waals surface area contributed by atoms with Crippen LogP contribution in [0.3, 0.4) is 0 Å². The zero-order valence-electron chi connectivity index (χ0n) is 7.96. The van der Waals surface area contributed by atoms with Crippen LogP contribution in [0.4, 0.5) is 0 Å². The lowest BCUT2D eigenvalue weighted by molar-refractivity contribution is -0.122. The highest BCUT2D eigenvalue weighted by atomic mass is 16.1. The average molecular weight is 182 g/mol. The van der Waals surface area contributed by atoms with Gasteiger partial charge in [0.25, 0.3) is 0 Å². The van der Waals surface area contributed by atoms with E-state index in [0.717, 1.165) is 12.8 Å². The standard InChI is InChI=1S/C10H18N2O/c11-9(7-4-5-7)6-10(13)12-8-2-1-3-8/h7-9H,1-6,11H2,(H,12,13). The number of carbonyl (C=O) groups excluding carboxylic acids is 1. The lowest BCUT2D eigenvalue weighted by Crippen LogP contribution is -2.42. The average Bonchev–Trinajstić information content (AvgIpc) is 2.78. The molecular weight excluding hydrogens is 164 g/mol. The third kappa shape index (κ3) is 2.44. The lowest BCUT2D eigenvalue weighted by Gasteiger charge is -2.26. The largest absolute Gasteiger partial charge is 0.353 e. The Morgan fingerprint density at radius 1 is 1.38 bits per heavy atom. The maximum atomic E-state index is 11.4. The Morgan fingerprint density at radius 3 is 2.54 bits per heavy atom. The molecule has 2 rings (SSSR count). The Hall–Kier alpha value is -0.570. The monoisotopic (exact) mass is 182 g/mol. The van der Waals surface area contributed by atoms with Crippen LogP contribution in [-0.2, 0) is 4.79 Å². The van der Waals surface area contributed by atoms with Crippen LogP contribution in [-0.4, -0.2) is 18.0 Å². The molecule has 0 aromatic heterocycles. The van der Waals surface area contributed by atoms with E-state index in [4.69, 9.17) is 5.73 Å². The van der Waals surface area contributed by atoms with E-state index < -0.39 is 0 Å². The van der Waals surface area contributed by atoms with Gasteiger partial charge in [0, 0.05) is 18.5 Å². The zero-order chi connectivity index (χ0) is 9.26. The van der Waals surface area contributed by atoms with Crippen molar-refractivity contribution < 1.29 is 4.79 Å². The maximum Gasteiger partial charge on any atom is 0.221 e. The Kier molecular flexibility index (Phi) is 2.54. The highest BCUT2D eigenvalue weighted by Gasteiger charge is 2.30. The van der Waals surface area contributed by atoms with Crippen molar-refractivity contribution in [2.24, 2.45) is 11.7 Å². The quantitative estimate of drug-likeness (QED) is 0.675. The normalized spacial score (nSPS) is 25.0. The third-order valence-corrected chi connectivity index (χ3v) is 3.12. The van der Waals surface area contributed by atoms with Gasteiger partial charge in [-0.1, -0.05) is 0 Å². The molecule has 0 bridgehead atoms. The number of carbonyl (C=O) groups is 1. The second-order valence-electron chi connectivity index (χ2n) is 4.40. The summed E-state index contributed by atoms with van der Waals surface area (Å²) < 4.78 is 0. The van der Waals surface area contributed by atoms with E-state index in [9.17, 15) is 4.79 Å². The van der Waals surface area contributed by atoms with Crippen LogP contribution in [0.15, 0.2) is 0 Å². The molecule has 0 spiro atoms. The molecule has 2 saturated carbocycles. The molecule has 0 radical (unpaired) electrons. The van der Waals surface area contributed by atoms with Crippen molar-refractivity contribution >= 4 is 5.91 Å². The van der Waals surface area contributed by atoms with Crippen molar-refractivity contribution in [3.63, 3.8) is 0 Å². The molecule has 1 unspecified atom stereocenters. The summed E-state index contributed by atoms with van der Waals surface area (Å²) >= 11 is 0. The maximum absolute atomic E-state index is 11.4. The Morgan fingerprint density at radius 2 is 2.08 bits per heavy atom. The Labute approximate surface area is 79.1 Å². The molecule has 0 heterocycles. The van der Waals surface area contributed by atoms with E-state index in [0.29, 0.717) is 18.4 Å². The van der Waals surface area contributed by atoms with Gasteiger partial charge >= 0.3 is 0 Å². The molecule has 13 heavy (non-hydrogen) atoms. The van der Waals surface area contributed by atoms with Gasteiger partial charge in [-0.15, -0.1) is 0 Å². The second kappa shape index (κ2) is 3.66.